The van der Waals surface area contributed by atoms with E-state index in [1.54, 1.807) is 36.4 Å². The van der Waals surface area contributed by atoms with Gasteiger partial charge in [0.25, 0.3) is 15.9 Å². The van der Waals surface area contributed by atoms with Gasteiger partial charge in [-0.05, 0) is 36.4 Å². The third-order valence-corrected chi connectivity index (χ3v) is 5.73. The molecule has 0 aliphatic carbocycles. The third-order valence-electron chi connectivity index (χ3n) is 3.64. The van der Waals surface area contributed by atoms with Crippen molar-refractivity contribution in [3.63, 3.8) is 0 Å². The molecule has 0 unspecified atom stereocenters. The molecule has 9 heteroatoms. The number of rotatable bonds is 6. The van der Waals surface area contributed by atoms with Gasteiger partial charge in [-0.1, -0.05) is 23.7 Å². The molecule has 0 saturated carbocycles. The number of fused-ring (bicyclic) bond motifs is 1. The largest absolute Gasteiger partial charge is 0.482 e. The number of esters is 1. The van der Waals surface area contributed by atoms with Crippen LogP contribution in [0.5, 0.6) is 5.75 Å². The lowest BCUT2D eigenvalue weighted by atomic mass is 10.2. The molecule has 26 heavy (non-hydrogen) atoms. The smallest absolute Gasteiger partial charge is 0.344 e. The van der Waals surface area contributed by atoms with Crippen LogP contribution < -0.4 is 4.74 Å². The summed E-state index contributed by atoms with van der Waals surface area (Å²) < 4.78 is 35.5. The van der Waals surface area contributed by atoms with Gasteiger partial charge in [-0.3, -0.25) is 4.79 Å². The summed E-state index contributed by atoms with van der Waals surface area (Å²) in [5.74, 6) is -0.866. The van der Waals surface area contributed by atoms with E-state index in [1.165, 1.54) is 12.1 Å². The molecule has 2 aromatic rings. The van der Waals surface area contributed by atoms with Gasteiger partial charge in [0.1, 0.15) is 17.3 Å². The lowest BCUT2D eigenvalue weighted by Gasteiger charge is -2.15. The summed E-state index contributed by atoms with van der Waals surface area (Å²) in [5, 5.41) is 0.539. The highest BCUT2D eigenvalue weighted by atomic mass is 35.5. The van der Waals surface area contributed by atoms with Crippen molar-refractivity contribution in [1.29, 1.82) is 0 Å². The number of carbonyl (C=O) groups is 2. The Balaban J connectivity index is 1.51. The molecule has 0 N–H and O–H groups in total. The Bertz CT molecular complexity index is 942. The van der Waals surface area contributed by atoms with E-state index in [2.05, 4.69) is 0 Å². The molecular formula is C17H14ClNO6S. The minimum Gasteiger partial charge on any atom is -0.482 e. The first-order valence-electron chi connectivity index (χ1n) is 7.59. The van der Waals surface area contributed by atoms with E-state index in [1.807, 2.05) is 0 Å². The summed E-state index contributed by atoms with van der Waals surface area (Å²) in [4.78, 5) is 23.8. The van der Waals surface area contributed by atoms with Crippen LogP contribution in [0, 0.1) is 0 Å². The first-order chi connectivity index (χ1) is 12.4. The number of benzene rings is 2. The SMILES string of the molecule is O=C(COc1ccc(Cl)cc1)OCCN1C(=O)c2ccccc2S1(=O)=O. The Labute approximate surface area is 155 Å². The molecule has 0 radical (unpaired) electrons. The number of ether oxygens (including phenoxy) is 2. The maximum atomic E-state index is 12.3. The van der Waals surface area contributed by atoms with Gasteiger partial charge in [0, 0.05) is 5.02 Å². The van der Waals surface area contributed by atoms with Crippen molar-refractivity contribution in [2.75, 3.05) is 19.8 Å². The van der Waals surface area contributed by atoms with Crippen molar-refractivity contribution in [2.45, 2.75) is 4.90 Å². The van der Waals surface area contributed by atoms with Gasteiger partial charge >= 0.3 is 5.97 Å². The van der Waals surface area contributed by atoms with Gasteiger partial charge in [0.05, 0.1) is 12.1 Å². The highest BCUT2D eigenvalue weighted by molar-refractivity contribution is 7.90. The molecule has 3 rings (SSSR count). The number of halogens is 1. The summed E-state index contributed by atoms with van der Waals surface area (Å²) in [7, 11) is -3.90. The van der Waals surface area contributed by atoms with Gasteiger partial charge in [0.15, 0.2) is 6.61 Å². The zero-order chi connectivity index (χ0) is 18.7. The van der Waals surface area contributed by atoms with Gasteiger partial charge in [-0.2, -0.15) is 0 Å². The van der Waals surface area contributed by atoms with Crippen LogP contribution in [0.2, 0.25) is 5.02 Å². The predicted molar refractivity (Wildman–Crippen MR) is 92.6 cm³/mol. The zero-order valence-electron chi connectivity index (χ0n) is 13.4. The number of amides is 1. The molecule has 0 aromatic heterocycles. The van der Waals surface area contributed by atoms with E-state index < -0.39 is 21.9 Å². The van der Waals surface area contributed by atoms with E-state index in [-0.39, 0.29) is 30.2 Å². The van der Waals surface area contributed by atoms with Crippen LogP contribution >= 0.6 is 11.6 Å². The lowest BCUT2D eigenvalue weighted by Crippen LogP contribution is -2.34. The van der Waals surface area contributed by atoms with Crippen LogP contribution in [0.25, 0.3) is 0 Å². The molecule has 1 amide bonds. The number of nitrogens with zero attached hydrogens (tertiary/aromatic N) is 1. The monoisotopic (exact) mass is 395 g/mol. The summed E-state index contributed by atoms with van der Waals surface area (Å²) in [5.41, 5.74) is 0.116. The third kappa shape index (κ3) is 3.66. The molecule has 7 nitrogen and oxygen atoms in total. The van der Waals surface area contributed by atoms with Gasteiger partial charge in [-0.15, -0.1) is 0 Å². The van der Waals surface area contributed by atoms with Crippen molar-refractivity contribution in [3.8, 4) is 5.75 Å². The van der Waals surface area contributed by atoms with Crippen molar-refractivity contribution in [3.05, 3.63) is 59.1 Å². The highest BCUT2D eigenvalue weighted by Gasteiger charge is 2.40. The van der Waals surface area contributed by atoms with Crippen LogP contribution in [-0.4, -0.2) is 44.4 Å². The summed E-state index contributed by atoms with van der Waals surface area (Å²) >= 11 is 5.75. The van der Waals surface area contributed by atoms with E-state index >= 15 is 0 Å². The molecule has 1 aliphatic heterocycles. The topological polar surface area (TPSA) is 90.0 Å². The second-order valence-electron chi connectivity index (χ2n) is 5.34. The Morgan fingerprint density at radius 1 is 1.08 bits per heavy atom. The average molecular weight is 396 g/mol. The molecule has 0 fully saturated rings. The molecule has 0 atom stereocenters. The maximum absolute atomic E-state index is 12.3. The first-order valence-corrected chi connectivity index (χ1v) is 9.41. The molecule has 0 spiro atoms. The van der Waals surface area contributed by atoms with E-state index in [4.69, 9.17) is 21.1 Å². The quantitative estimate of drug-likeness (QED) is 0.696. The van der Waals surface area contributed by atoms with Crippen molar-refractivity contribution in [2.24, 2.45) is 0 Å². The Morgan fingerprint density at radius 3 is 2.46 bits per heavy atom. The van der Waals surface area contributed by atoms with Crippen LogP contribution in [0.4, 0.5) is 0 Å². The minimum absolute atomic E-state index is 0.0394. The summed E-state index contributed by atoms with van der Waals surface area (Å²) in [6.45, 7) is -0.868. The van der Waals surface area contributed by atoms with E-state index in [0.29, 0.717) is 15.1 Å². The van der Waals surface area contributed by atoms with Crippen LogP contribution in [0.1, 0.15) is 10.4 Å². The number of carbonyl (C=O) groups excluding carboxylic acids is 2. The molecule has 0 saturated heterocycles. The van der Waals surface area contributed by atoms with Crippen molar-refractivity contribution < 1.29 is 27.5 Å². The molecule has 2 aromatic carbocycles. The summed E-state index contributed by atoms with van der Waals surface area (Å²) in [6.07, 6.45) is 0. The number of hydrogen-bond donors (Lipinski definition) is 0. The van der Waals surface area contributed by atoms with E-state index in [9.17, 15) is 18.0 Å². The van der Waals surface area contributed by atoms with Crippen molar-refractivity contribution >= 4 is 33.5 Å². The van der Waals surface area contributed by atoms with Gasteiger partial charge < -0.3 is 9.47 Å². The molecular weight excluding hydrogens is 382 g/mol. The van der Waals surface area contributed by atoms with Crippen LogP contribution in [-0.2, 0) is 19.6 Å². The lowest BCUT2D eigenvalue weighted by molar-refractivity contribution is -0.146. The van der Waals surface area contributed by atoms with Crippen LogP contribution in [0.15, 0.2) is 53.4 Å². The normalized spacial score (nSPS) is 14.8. The Kier molecular flexibility index (Phi) is 5.15. The minimum atomic E-state index is -3.90. The Morgan fingerprint density at radius 2 is 1.77 bits per heavy atom. The Hall–Kier alpha value is -2.58. The fraction of sp³-hybridized carbons (Fsp3) is 0.176. The fourth-order valence-corrected chi connectivity index (χ4v) is 4.09. The predicted octanol–water partition coefficient (Wildman–Crippen LogP) is 2.11. The number of hydrogen-bond acceptors (Lipinski definition) is 6. The highest BCUT2D eigenvalue weighted by Crippen LogP contribution is 2.29. The first kappa shape index (κ1) is 18.2. The van der Waals surface area contributed by atoms with Crippen LogP contribution in [0.3, 0.4) is 0 Å². The van der Waals surface area contributed by atoms with Gasteiger partial charge in [-0.25, -0.2) is 17.5 Å². The standard InChI is InChI=1S/C17H14ClNO6S/c18-12-5-7-13(8-6-12)25-11-16(20)24-10-9-19-17(21)14-3-1-2-4-15(14)26(19,22)23/h1-8H,9-11H2. The summed E-state index contributed by atoms with van der Waals surface area (Å²) in [6, 6.07) is 12.4. The second kappa shape index (κ2) is 7.35. The molecule has 1 heterocycles. The average Bonchev–Trinajstić information content (AvgIpc) is 2.82. The van der Waals surface area contributed by atoms with Crippen molar-refractivity contribution in [1.82, 2.24) is 4.31 Å². The molecule has 1 aliphatic rings. The molecule has 0 bridgehead atoms. The number of sulfonamides is 1. The zero-order valence-corrected chi connectivity index (χ0v) is 15.0. The molecule has 136 valence electrons. The van der Waals surface area contributed by atoms with E-state index in [0.717, 1.165) is 0 Å². The van der Waals surface area contributed by atoms with Gasteiger partial charge in [0.2, 0.25) is 0 Å². The fourth-order valence-electron chi connectivity index (χ4n) is 2.41. The second-order valence-corrected chi connectivity index (χ2v) is 7.61. The maximum Gasteiger partial charge on any atom is 0.344 e.